The largest absolute Gasteiger partial charge is 0.351 e. The van der Waals surface area contributed by atoms with E-state index in [0.29, 0.717) is 6.42 Å². The standard InChI is InChI=1S/C9H17N3O/c1-4-7(5-6-10)12-8(13)9(2,3)11/h7H,4-5,11H2,1-3H3,(H,12,13). The molecule has 0 heterocycles. The Bertz CT molecular complexity index is 212. The Hall–Kier alpha value is -1.08. The van der Waals surface area contributed by atoms with Crippen molar-refractivity contribution in [3.8, 4) is 6.07 Å². The van der Waals surface area contributed by atoms with Gasteiger partial charge in [-0.15, -0.1) is 0 Å². The van der Waals surface area contributed by atoms with Crippen LogP contribution in [0.1, 0.15) is 33.6 Å². The van der Waals surface area contributed by atoms with Gasteiger partial charge in [-0.25, -0.2) is 0 Å². The second-order valence-electron chi connectivity index (χ2n) is 3.66. The Morgan fingerprint density at radius 1 is 1.69 bits per heavy atom. The van der Waals surface area contributed by atoms with Gasteiger partial charge in [-0.1, -0.05) is 6.92 Å². The van der Waals surface area contributed by atoms with Gasteiger partial charge in [0, 0.05) is 6.04 Å². The number of hydrogen-bond acceptors (Lipinski definition) is 3. The fraction of sp³-hybridized carbons (Fsp3) is 0.778. The van der Waals surface area contributed by atoms with E-state index in [0.717, 1.165) is 6.42 Å². The van der Waals surface area contributed by atoms with Crippen LogP contribution in [-0.2, 0) is 4.79 Å². The average Bonchev–Trinajstić information content (AvgIpc) is 2.01. The lowest BCUT2D eigenvalue weighted by Crippen LogP contribution is -2.51. The van der Waals surface area contributed by atoms with E-state index >= 15 is 0 Å². The molecule has 1 amide bonds. The van der Waals surface area contributed by atoms with E-state index in [1.54, 1.807) is 13.8 Å². The summed E-state index contributed by atoms with van der Waals surface area (Å²) in [7, 11) is 0. The van der Waals surface area contributed by atoms with Crippen molar-refractivity contribution in [3.63, 3.8) is 0 Å². The van der Waals surface area contributed by atoms with Crippen LogP contribution in [0.3, 0.4) is 0 Å². The Kier molecular flexibility index (Phi) is 4.43. The highest BCUT2D eigenvalue weighted by molar-refractivity contribution is 5.85. The molecular weight excluding hydrogens is 166 g/mol. The number of nitrogens with zero attached hydrogens (tertiary/aromatic N) is 1. The van der Waals surface area contributed by atoms with E-state index in [1.165, 1.54) is 0 Å². The highest BCUT2D eigenvalue weighted by Gasteiger charge is 2.23. The summed E-state index contributed by atoms with van der Waals surface area (Å²) < 4.78 is 0. The van der Waals surface area contributed by atoms with Crippen molar-refractivity contribution < 1.29 is 4.79 Å². The summed E-state index contributed by atoms with van der Waals surface area (Å²) in [5.74, 6) is -0.213. The van der Waals surface area contributed by atoms with Crippen molar-refractivity contribution in [1.82, 2.24) is 5.32 Å². The molecule has 74 valence electrons. The number of nitriles is 1. The van der Waals surface area contributed by atoms with Crippen molar-refractivity contribution >= 4 is 5.91 Å². The van der Waals surface area contributed by atoms with Gasteiger partial charge in [0.25, 0.3) is 0 Å². The van der Waals surface area contributed by atoms with Crippen LogP contribution in [0.15, 0.2) is 0 Å². The lowest BCUT2D eigenvalue weighted by atomic mass is 10.0. The molecular formula is C9H17N3O. The Labute approximate surface area is 79.1 Å². The van der Waals surface area contributed by atoms with E-state index < -0.39 is 5.54 Å². The van der Waals surface area contributed by atoms with Crippen LogP contribution in [-0.4, -0.2) is 17.5 Å². The van der Waals surface area contributed by atoms with Crippen molar-refractivity contribution in [2.75, 3.05) is 0 Å². The minimum Gasteiger partial charge on any atom is -0.351 e. The third-order valence-electron chi connectivity index (χ3n) is 1.75. The monoisotopic (exact) mass is 183 g/mol. The Morgan fingerprint density at radius 2 is 2.23 bits per heavy atom. The van der Waals surface area contributed by atoms with Crippen LogP contribution in [0.5, 0.6) is 0 Å². The molecule has 0 aromatic heterocycles. The molecule has 4 heteroatoms. The van der Waals surface area contributed by atoms with Crippen molar-refractivity contribution in [1.29, 1.82) is 5.26 Å². The summed E-state index contributed by atoms with van der Waals surface area (Å²) in [4.78, 5) is 11.4. The molecule has 0 aromatic carbocycles. The summed E-state index contributed by atoms with van der Waals surface area (Å²) >= 11 is 0. The quantitative estimate of drug-likeness (QED) is 0.667. The number of carbonyl (C=O) groups excluding carboxylic acids is 1. The SMILES string of the molecule is CCC(CC#N)NC(=O)C(C)(C)N. The average molecular weight is 183 g/mol. The fourth-order valence-corrected chi connectivity index (χ4v) is 0.779. The number of nitrogens with two attached hydrogens (primary N) is 1. The van der Waals surface area contributed by atoms with Gasteiger partial charge in [-0.2, -0.15) is 5.26 Å². The topological polar surface area (TPSA) is 78.9 Å². The molecule has 0 bridgehead atoms. The van der Waals surface area contributed by atoms with Crippen LogP contribution in [0.2, 0.25) is 0 Å². The molecule has 0 aliphatic rings. The van der Waals surface area contributed by atoms with Crippen LogP contribution >= 0.6 is 0 Å². The molecule has 1 atom stereocenters. The van der Waals surface area contributed by atoms with Crippen LogP contribution in [0.4, 0.5) is 0 Å². The molecule has 0 spiro atoms. The normalized spacial score (nSPS) is 13.2. The lowest BCUT2D eigenvalue weighted by molar-refractivity contribution is -0.125. The predicted octanol–water partition coefficient (Wildman–Crippen LogP) is 0.532. The van der Waals surface area contributed by atoms with Crippen LogP contribution in [0, 0.1) is 11.3 Å². The van der Waals surface area contributed by atoms with Crippen molar-refractivity contribution in [2.45, 2.75) is 45.2 Å². The second-order valence-corrected chi connectivity index (χ2v) is 3.66. The molecule has 0 aliphatic carbocycles. The molecule has 3 N–H and O–H groups in total. The number of carbonyl (C=O) groups is 1. The first kappa shape index (κ1) is 11.9. The van der Waals surface area contributed by atoms with Gasteiger partial charge in [0.1, 0.15) is 0 Å². The smallest absolute Gasteiger partial charge is 0.239 e. The van der Waals surface area contributed by atoms with E-state index in [1.807, 2.05) is 13.0 Å². The van der Waals surface area contributed by atoms with Gasteiger partial charge in [0.2, 0.25) is 5.91 Å². The number of amides is 1. The predicted molar refractivity (Wildman–Crippen MR) is 50.7 cm³/mol. The zero-order valence-corrected chi connectivity index (χ0v) is 8.42. The highest BCUT2D eigenvalue weighted by atomic mass is 16.2. The first-order chi connectivity index (χ1) is 5.91. The minimum atomic E-state index is -0.872. The molecule has 0 saturated heterocycles. The number of hydrogen-bond donors (Lipinski definition) is 2. The maximum atomic E-state index is 11.4. The van der Waals surface area contributed by atoms with Gasteiger partial charge in [-0.05, 0) is 20.3 Å². The molecule has 0 saturated carbocycles. The molecule has 0 aromatic rings. The third-order valence-corrected chi connectivity index (χ3v) is 1.75. The number of nitrogens with one attached hydrogen (secondary N) is 1. The van der Waals surface area contributed by atoms with Crippen molar-refractivity contribution in [3.05, 3.63) is 0 Å². The summed E-state index contributed by atoms with van der Waals surface area (Å²) in [6.45, 7) is 5.20. The third kappa shape index (κ3) is 4.48. The fourth-order valence-electron chi connectivity index (χ4n) is 0.779. The van der Waals surface area contributed by atoms with Crippen molar-refractivity contribution in [2.24, 2.45) is 5.73 Å². The first-order valence-corrected chi connectivity index (χ1v) is 4.38. The zero-order chi connectivity index (χ0) is 10.5. The van der Waals surface area contributed by atoms with E-state index in [-0.39, 0.29) is 11.9 Å². The van der Waals surface area contributed by atoms with Crippen LogP contribution < -0.4 is 11.1 Å². The first-order valence-electron chi connectivity index (χ1n) is 4.38. The van der Waals surface area contributed by atoms with E-state index in [4.69, 9.17) is 11.0 Å². The second kappa shape index (κ2) is 4.83. The summed E-state index contributed by atoms with van der Waals surface area (Å²) in [5.41, 5.74) is 4.71. The van der Waals surface area contributed by atoms with Gasteiger partial charge in [0.05, 0.1) is 18.0 Å². The lowest BCUT2D eigenvalue weighted by Gasteiger charge is -2.21. The van der Waals surface area contributed by atoms with Gasteiger partial charge in [-0.3, -0.25) is 4.79 Å². The maximum Gasteiger partial charge on any atom is 0.239 e. The molecule has 0 rings (SSSR count). The van der Waals surface area contributed by atoms with E-state index in [2.05, 4.69) is 5.32 Å². The van der Waals surface area contributed by atoms with Crippen LogP contribution in [0.25, 0.3) is 0 Å². The van der Waals surface area contributed by atoms with Gasteiger partial charge < -0.3 is 11.1 Å². The summed E-state index contributed by atoms with van der Waals surface area (Å²) in [5, 5.41) is 11.2. The molecule has 1 unspecified atom stereocenters. The zero-order valence-electron chi connectivity index (χ0n) is 8.42. The maximum absolute atomic E-state index is 11.4. The molecule has 13 heavy (non-hydrogen) atoms. The molecule has 4 nitrogen and oxygen atoms in total. The summed E-state index contributed by atoms with van der Waals surface area (Å²) in [6.07, 6.45) is 1.08. The highest BCUT2D eigenvalue weighted by Crippen LogP contribution is 2.01. The molecule has 0 aliphatic heterocycles. The molecule has 0 radical (unpaired) electrons. The van der Waals surface area contributed by atoms with E-state index in [9.17, 15) is 4.79 Å². The Balaban J connectivity index is 4.11. The summed E-state index contributed by atoms with van der Waals surface area (Å²) in [6, 6.07) is 1.94. The molecule has 0 fully saturated rings. The number of rotatable bonds is 4. The minimum absolute atomic E-state index is 0.0830. The van der Waals surface area contributed by atoms with Gasteiger partial charge in [0.15, 0.2) is 0 Å². The Morgan fingerprint density at radius 3 is 2.54 bits per heavy atom. The van der Waals surface area contributed by atoms with Gasteiger partial charge >= 0.3 is 0 Å².